The summed E-state index contributed by atoms with van der Waals surface area (Å²) in [6.07, 6.45) is 1.92. The van der Waals surface area contributed by atoms with E-state index in [4.69, 9.17) is 0 Å². The van der Waals surface area contributed by atoms with E-state index in [2.05, 4.69) is 26.9 Å². The Hall–Kier alpha value is -3.74. The maximum Gasteiger partial charge on any atom is 0.278 e. The van der Waals surface area contributed by atoms with E-state index < -0.39 is 0 Å². The average molecular weight is 387 g/mol. The number of nitrogens with one attached hydrogen (secondary N) is 2. The van der Waals surface area contributed by atoms with Gasteiger partial charge in [-0.25, -0.2) is 0 Å². The fourth-order valence-corrected chi connectivity index (χ4v) is 3.38. The van der Waals surface area contributed by atoms with Crippen LogP contribution >= 0.6 is 0 Å². The van der Waals surface area contributed by atoms with Gasteiger partial charge >= 0.3 is 0 Å². The van der Waals surface area contributed by atoms with Gasteiger partial charge in [0.1, 0.15) is 0 Å². The first-order valence-electron chi connectivity index (χ1n) is 9.48. The van der Waals surface area contributed by atoms with E-state index in [0.29, 0.717) is 18.1 Å². The minimum atomic E-state index is -0.143. The number of para-hydroxylation sites is 1. The largest absolute Gasteiger partial charge is 0.339 e. The number of nitrogens with zero attached hydrogens (tertiary/aromatic N) is 3. The Balaban J connectivity index is 1.46. The molecule has 4 rings (SSSR count). The van der Waals surface area contributed by atoms with Crippen molar-refractivity contribution in [1.29, 1.82) is 0 Å². The van der Waals surface area contributed by atoms with E-state index in [1.165, 1.54) is 12.5 Å². The Morgan fingerprint density at radius 3 is 2.41 bits per heavy atom. The maximum absolute atomic E-state index is 12.9. The third kappa shape index (κ3) is 4.24. The number of benzene rings is 2. The highest BCUT2D eigenvalue weighted by atomic mass is 16.2. The summed E-state index contributed by atoms with van der Waals surface area (Å²) in [6, 6.07) is 18.6. The quantitative estimate of drug-likeness (QED) is 0.712. The fraction of sp³-hybridized carbons (Fsp3) is 0.182. The number of hydrogen-bond acceptors (Lipinski definition) is 5. The van der Waals surface area contributed by atoms with Crippen molar-refractivity contribution in [2.75, 3.05) is 22.1 Å². The van der Waals surface area contributed by atoms with Crippen LogP contribution in [0.1, 0.15) is 29.4 Å². The highest BCUT2D eigenvalue weighted by molar-refractivity contribution is 6.05. The van der Waals surface area contributed by atoms with E-state index >= 15 is 0 Å². The molecule has 3 aromatic rings. The number of aryl methyl sites for hydroxylation is 1. The van der Waals surface area contributed by atoms with Crippen molar-refractivity contribution in [1.82, 2.24) is 10.2 Å². The minimum Gasteiger partial charge on any atom is -0.339 e. The first kappa shape index (κ1) is 18.6. The van der Waals surface area contributed by atoms with Gasteiger partial charge in [-0.15, -0.1) is 10.2 Å². The molecule has 2 aromatic carbocycles. The van der Waals surface area contributed by atoms with Crippen LogP contribution in [-0.2, 0) is 11.2 Å². The minimum absolute atomic E-state index is 0.117. The molecule has 2 heterocycles. The molecular weight excluding hydrogens is 366 g/mol. The van der Waals surface area contributed by atoms with Gasteiger partial charge in [0.25, 0.3) is 5.91 Å². The monoisotopic (exact) mass is 387 g/mol. The average Bonchev–Trinajstić information content (AvgIpc) is 2.74. The molecule has 0 fully saturated rings. The second-order valence-electron chi connectivity index (χ2n) is 6.88. The Bertz CT molecular complexity index is 1030. The molecule has 2 N–H and O–H groups in total. The molecule has 0 spiro atoms. The highest BCUT2D eigenvalue weighted by Crippen LogP contribution is 2.28. The van der Waals surface area contributed by atoms with Crippen LogP contribution in [0.5, 0.6) is 0 Å². The molecule has 0 bridgehead atoms. The Labute approximate surface area is 168 Å². The van der Waals surface area contributed by atoms with Gasteiger partial charge in [0.2, 0.25) is 5.91 Å². The molecule has 2 amide bonds. The Morgan fingerprint density at radius 1 is 0.931 bits per heavy atom. The molecule has 0 aliphatic carbocycles. The first-order valence-corrected chi connectivity index (χ1v) is 9.48. The van der Waals surface area contributed by atoms with E-state index in [0.717, 1.165) is 29.9 Å². The summed E-state index contributed by atoms with van der Waals surface area (Å²) >= 11 is 0. The van der Waals surface area contributed by atoms with Gasteiger partial charge in [-0.2, -0.15) is 0 Å². The molecule has 7 nitrogen and oxygen atoms in total. The fourth-order valence-electron chi connectivity index (χ4n) is 3.38. The van der Waals surface area contributed by atoms with Crippen molar-refractivity contribution in [3.8, 4) is 0 Å². The second kappa shape index (κ2) is 8.10. The Kier molecular flexibility index (Phi) is 5.20. The van der Waals surface area contributed by atoms with Crippen molar-refractivity contribution in [2.45, 2.75) is 19.8 Å². The van der Waals surface area contributed by atoms with Crippen LogP contribution in [0.2, 0.25) is 0 Å². The van der Waals surface area contributed by atoms with E-state index in [1.54, 1.807) is 29.2 Å². The van der Waals surface area contributed by atoms with Gasteiger partial charge in [-0.3, -0.25) is 9.59 Å². The molecule has 0 atom stereocenters. The molecule has 0 saturated heterocycles. The van der Waals surface area contributed by atoms with Gasteiger partial charge in [0.15, 0.2) is 11.5 Å². The number of hydrogen-bond donors (Lipinski definition) is 2. The number of carbonyl (C=O) groups is 2. The third-order valence-corrected chi connectivity index (χ3v) is 4.72. The molecule has 1 aliphatic heterocycles. The zero-order valence-corrected chi connectivity index (χ0v) is 16.1. The lowest BCUT2D eigenvalue weighted by molar-refractivity contribution is -0.114. The zero-order valence-electron chi connectivity index (χ0n) is 16.1. The normalized spacial score (nSPS) is 12.8. The highest BCUT2D eigenvalue weighted by Gasteiger charge is 2.24. The first-order chi connectivity index (χ1) is 14.1. The summed E-state index contributed by atoms with van der Waals surface area (Å²) in [6.45, 7) is 2.14. The number of amides is 2. The van der Waals surface area contributed by atoms with Crippen LogP contribution in [0.3, 0.4) is 0 Å². The van der Waals surface area contributed by atoms with Crippen LogP contribution in [0.25, 0.3) is 0 Å². The van der Waals surface area contributed by atoms with Crippen molar-refractivity contribution < 1.29 is 9.59 Å². The van der Waals surface area contributed by atoms with Crippen molar-refractivity contribution >= 4 is 34.7 Å². The molecule has 29 heavy (non-hydrogen) atoms. The van der Waals surface area contributed by atoms with Crippen LogP contribution in [-0.4, -0.2) is 28.6 Å². The van der Waals surface area contributed by atoms with E-state index in [-0.39, 0.29) is 11.8 Å². The molecule has 1 aromatic heterocycles. The summed E-state index contributed by atoms with van der Waals surface area (Å²) in [7, 11) is 0. The zero-order chi connectivity index (χ0) is 20.2. The molecule has 7 heteroatoms. The third-order valence-electron chi connectivity index (χ3n) is 4.72. The predicted octanol–water partition coefficient (Wildman–Crippen LogP) is 3.77. The molecule has 146 valence electrons. The van der Waals surface area contributed by atoms with Gasteiger partial charge in [-0.1, -0.05) is 18.2 Å². The second-order valence-corrected chi connectivity index (χ2v) is 6.88. The molecule has 1 aliphatic rings. The number of carbonyl (C=O) groups excluding carboxylic acids is 2. The van der Waals surface area contributed by atoms with Crippen LogP contribution in [0, 0.1) is 0 Å². The van der Waals surface area contributed by atoms with Gasteiger partial charge in [0.05, 0.1) is 0 Å². The SMILES string of the molecule is CC(=O)Nc1ccc(Nc2ccc(C(=O)N3CCCc4ccccc43)nn2)cc1. The topological polar surface area (TPSA) is 87.2 Å². The van der Waals surface area contributed by atoms with E-state index in [9.17, 15) is 9.59 Å². The number of aromatic nitrogens is 2. The number of anilines is 4. The van der Waals surface area contributed by atoms with E-state index in [1.807, 2.05) is 30.3 Å². The van der Waals surface area contributed by atoms with Crippen molar-refractivity contribution in [3.63, 3.8) is 0 Å². The molecule has 0 saturated carbocycles. The Morgan fingerprint density at radius 2 is 1.69 bits per heavy atom. The number of rotatable bonds is 4. The van der Waals surface area contributed by atoms with Crippen LogP contribution in [0.4, 0.5) is 22.9 Å². The molecule has 0 unspecified atom stereocenters. The molecule has 0 radical (unpaired) electrons. The van der Waals surface area contributed by atoms with Gasteiger partial charge in [0, 0.05) is 30.5 Å². The van der Waals surface area contributed by atoms with Crippen molar-refractivity contribution in [2.24, 2.45) is 0 Å². The smallest absolute Gasteiger partial charge is 0.278 e. The lowest BCUT2D eigenvalue weighted by Crippen LogP contribution is -2.36. The van der Waals surface area contributed by atoms with Gasteiger partial charge in [-0.05, 0) is 60.9 Å². The molecular formula is C22H21N5O2. The maximum atomic E-state index is 12.9. The standard InChI is InChI=1S/C22H21N5O2/c1-15(28)23-17-8-10-18(11-9-17)24-21-13-12-19(25-26-21)22(29)27-14-4-6-16-5-2-3-7-20(16)27/h2-3,5,7-13H,4,6,14H2,1H3,(H,23,28)(H,24,26). The summed E-state index contributed by atoms with van der Waals surface area (Å²) in [4.78, 5) is 25.8. The van der Waals surface area contributed by atoms with Crippen molar-refractivity contribution in [3.05, 3.63) is 71.9 Å². The van der Waals surface area contributed by atoms with Gasteiger partial charge < -0.3 is 15.5 Å². The number of fused-ring (bicyclic) bond motifs is 1. The van der Waals surface area contributed by atoms with Crippen LogP contribution < -0.4 is 15.5 Å². The summed E-state index contributed by atoms with van der Waals surface area (Å²) in [5.41, 5.74) is 3.97. The predicted molar refractivity (Wildman–Crippen MR) is 112 cm³/mol. The lowest BCUT2D eigenvalue weighted by atomic mass is 10.0. The van der Waals surface area contributed by atoms with Crippen LogP contribution in [0.15, 0.2) is 60.7 Å². The lowest BCUT2D eigenvalue weighted by Gasteiger charge is -2.29. The summed E-state index contributed by atoms with van der Waals surface area (Å²) in [5, 5.41) is 14.1. The summed E-state index contributed by atoms with van der Waals surface area (Å²) < 4.78 is 0. The summed E-state index contributed by atoms with van der Waals surface area (Å²) in [5.74, 6) is 0.275.